The summed E-state index contributed by atoms with van der Waals surface area (Å²) in [5, 5.41) is 5.73. The number of rotatable bonds is 5. The topological polar surface area (TPSA) is 56.5 Å². The SMILES string of the molecule is c1ccc(-c2nc3ccccc3c3c2c2ccccc2n3-c2ccc(-c3cc(-c4ccccn4)nc(-c4ccccn4)c3)c3ccccc23)cc1. The molecule has 5 aromatic carbocycles. The van der Waals surface area contributed by atoms with Gasteiger partial charge < -0.3 is 4.57 Å². The van der Waals surface area contributed by atoms with Gasteiger partial charge in [-0.3, -0.25) is 9.97 Å². The highest BCUT2D eigenvalue weighted by Crippen LogP contribution is 2.43. The van der Waals surface area contributed by atoms with Crippen molar-refractivity contribution < 1.29 is 0 Å². The summed E-state index contributed by atoms with van der Waals surface area (Å²) < 4.78 is 2.44. The Morgan fingerprint density at radius 1 is 0.412 bits per heavy atom. The Morgan fingerprint density at radius 2 is 1.02 bits per heavy atom. The molecule has 238 valence electrons. The molecule has 0 aliphatic carbocycles. The fraction of sp³-hybridized carbons (Fsp3) is 0. The molecule has 0 atom stereocenters. The van der Waals surface area contributed by atoms with Crippen LogP contribution in [0.4, 0.5) is 0 Å². The van der Waals surface area contributed by atoms with E-state index in [1.165, 1.54) is 5.39 Å². The first kappa shape index (κ1) is 29.0. The first-order valence-electron chi connectivity index (χ1n) is 17.1. The molecule has 10 rings (SSSR count). The molecule has 5 nitrogen and oxygen atoms in total. The number of pyridine rings is 4. The Morgan fingerprint density at radius 3 is 1.73 bits per heavy atom. The third kappa shape index (κ3) is 4.78. The molecule has 5 heterocycles. The number of fused-ring (bicyclic) bond motifs is 6. The molecule has 0 aliphatic rings. The van der Waals surface area contributed by atoms with Gasteiger partial charge in [-0.05, 0) is 71.1 Å². The van der Waals surface area contributed by atoms with Gasteiger partial charge >= 0.3 is 0 Å². The van der Waals surface area contributed by atoms with Gasteiger partial charge in [0.1, 0.15) is 0 Å². The van der Waals surface area contributed by atoms with E-state index in [9.17, 15) is 0 Å². The van der Waals surface area contributed by atoms with Crippen LogP contribution in [0.15, 0.2) is 176 Å². The van der Waals surface area contributed by atoms with E-state index >= 15 is 0 Å². The molecule has 0 N–H and O–H groups in total. The lowest BCUT2D eigenvalue weighted by Crippen LogP contribution is -1.98. The molecule has 0 radical (unpaired) electrons. The molecule has 51 heavy (non-hydrogen) atoms. The van der Waals surface area contributed by atoms with Crippen LogP contribution >= 0.6 is 0 Å². The van der Waals surface area contributed by atoms with E-state index in [1.807, 2.05) is 48.8 Å². The molecule has 0 unspecified atom stereocenters. The Kier molecular flexibility index (Phi) is 6.74. The van der Waals surface area contributed by atoms with Crippen LogP contribution in [0.1, 0.15) is 0 Å². The van der Waals surface area contributed by atoms with Gasteiger partial charge in [-0.1, -0.05) is 109 Å². The molecule has 0 amide bonds. The molecule has 0 saturated carbocycles. The summed E-state index contributed by atoms with van der Waals surface area (Å²) in [7, 11) is 0. The highest BCUT2D eigenvalue weighted by Gasteiger charge is 2.22. The van der Waals surface area contributed by atoms with Crippen LogP contribution in [0.2, 0.25) is 0 Å². The van der Waals surface area contributed by atoms with E-state index in [0.29, 0.717) is 0 Å². The molecule has 0 fully saturated rings. The second kappa shape index (κ2) is 11.9. The summed E-state index contributed by atoms with van der Waals surface area (Å²) in [6.45, 7) is 0. The maximum atomic E-state index is 5.28. The highest BCUT2D eigenvalue weighted by molar-refractivity contribution is 6.23. The average Bonchev–Trinajstić information content (AvgIpc) is 3.56. The van der Waals surface area contributed by atoms with Crippen molar-refractivity contribution in [1.82, 2.24) is 24.5 Å². The first-order chi connectivity index (χ1) is 25.3. The second-order valence-electron chi connectivity index (χ2n) is 12.7. The van der Waals surface area contributed by atoms with Gasteiger partial charge in [-0.15, -0.1) is 0 Å². The Hall–Kier alpha value is -6.98. The third-order valence-electron chi connectivity index (χ3n) is 9.68. The minimum absolute atomic E-state index is 0.803. The summed E-state index contributed by atoms with van der Waals surface area (Å²) in [5.74, 6) is 0. The molecule has 0 bridgehead atoms. The van der Waals surface area contributed by atoms with E-state index < -0.39 is 0 Å². The number of hydrogen-bond donors (Lipinski definition) is 0. The number of aromatic nitrogens is 5. The summed E-state index contributed by atoms with van der Waals surface area (Å²) in [4.78, 5) is 19.6. The first-order valence-corrected chi connectivity index (χ1v) is 17.1. The lowest BCUT2D eigenvalue weighted by molar-refractivity contribution is 1.20. The molecular formula is C46H29N5. The largest absolute Gasteiger partial charge is 0.308 e. The quantitative estimate of drug-likeness (QED) is 0.186. The number of para-hydroxylation sites is 2. The predicted molar refractivity (Wildman–Crippen MR) is 209 cm³/mol. The third-order valence-corrected chi connectivity index (χ3v) is 9.68. The molecule has 5 aromatic heterocycles. The van der Waals surface area contributed by atoms with Crippen LogP contribution in [0.25, 0.3) is 94.3 Å². The van der Waals surface area contributed by atoms with Crippen LogP contribution < -0.4 is 0 Å². The fourth-order valence-corrected chi connectivity index (χ4v) is 7.44. The van der Waals surface area contributed by atoms with Crippen LogP contribution in [-0.4, -0.2) is 24.5 Å². The van der Waals surface area contributed by atoms with Crippen molar-refractivity contribution in [3.63, 3.8) is 0 Å². The minimum atomic E-state index is 0.803. The van der Waals surface area contributed by atoms with Gasteiger partial charge in [0.05, 0.1) is 50.7 Å². The fourth-order valence-electron chi connectivity index (χ4n) is 7.44. The lowest BCUT2D eigenvalue weighted by atomic mass is 9.95. The van der Waals surface area contributed by atoms with Gasteiger partial charge in [0.25, 0.3) is 0 Å². The van der Waals surface area contributed by atoms with E-state index in [4.69, 9.17) is 9.97 Å². The van der Waals surface area contributed by atoms with Crippen LogP contribution in [0.3, 0.4) is 0 Å². The number of hydrogen-bond acceptors (Lipinski definition) is 4. The van der Waals surface area contributed by atoms with Crippen molar-refractivity contribution in [2.45, 2.75) is 0 Å². The van der Waals surface area contributed by atoms with Crippen molar-refractivity contribution in [3.8, 4) is 50.8 Å². The summed E-state index contributed by atoms with van der Waals surface area (Å²) in [5.41, 5.74) is 11.9. The van der Waals surface area contributed by atoms with Crippen LogP contribution in [0.5, 0.6) is 0 Å². The molecule has 10 aromatic rings. The van der Waals surface area contributed by atoms with Gasteiger partial charge in [0, 0.05) is 39.5 Å². The standard InChI is InChI=1S/C46H29N5/c1-2-14-30(15-3-1)45-44-36-19-7-9-23-42(36)51(46(44)35-18-6-8-20-37(35)50-45)43-25-24-32(33-16-4-5-17-34(33)43)31-28-40(38-21-10-12-26-47-38)49-41(29-31)39-22-11-13-27-48-39/h1-29H. The maximum Gasteiger partial charge on any atom is 0.0900 e. The monoisotopic (exact) mass is 651 g/mol. The van der Waals surface area contributed by atoms with Crippen molar-refractivity contribution in [2.75, 3.05) is 0 Å². The van der Waals surface area contributed by atoms with E-state index in [2.05, 4.69) is 142 Å². The Bertz CT molecular complexity index is 2840. The molecular weight excluding hydrogens is 623 g/mol. The maximum absolute atomic E-state index is 5.28. The number of nitrogens with zero attached hydrogens (tertiary/aromatic N) is 5. The van der Waals surface area contributed by atoms with Crippen LogP contribution in [-0.2, 0) is 0 Å². The van der Waals surface area contributed by atoms with Crippen molar-refractivity contribution in [1.29, 1.82) is 0 Å². The summed E-state index contributed by atoms with van der Waals surface area (Å²) >= 11 is 0. The molecule has 0 saturated heterocycles. The molecule has 0 spiro atoms. The van der Waals surface area contributed by atoms with E-state index in [-0.39, 0.29) is 0 Å². The Labute approximate surface area is 294 Å². The zero-order chi connectivity index (χ0) is 33.7. The average molecular weight is 652 g/mol. The molecule has 0 aliphatic heterocycles. The van der Waals surface area contributed by atoms with E-state index in [0.717, 1.165) is 88.9 Å². The van der Waals surface area contributed by atoms with Gasteiger partial charge in [-0.25, -0.2) is 9.97 Å². The van der Waals surface area contributed by atoms with Crippen LogP contribution in [0, 0.1) is 0 Å². The predicted octanol–water partition coefficient (Wildman–Crippen LogP) is 11.3. The van der Waals surface area contributed by atoms with Crippen molar-refractivity contribution in [2.24, 2.45) is 0 Å². The zero-order valence-corrected chi connectivity index (χ0v) is 27.5. The Balaban J connectivity index is 1.28. The highest BCUT2D eigenvalue weighted by atomic mass is 15.0. The number of benzene rings is 5. The van der Waals surface area contributed by atoms with Crippen molar-refractivity contribution >= 4 is 43.5 Å². The zero-order valence-electron chi connectivity index (χ0n) is 27.5. The normalized spacial score (nSPS) is 11.5. The second-order valence-corrected chi connectivity index (χ2v) is 12.7. The van der Waals surface area contributed by atoms with Gasteiger partial charge in [0.2, 0.25) is 0 Å². The smallest absolute Gasteiger partial charge is 0.0900 e. The summed E-state index contributed by atoms with van der Waals surface area (Å²) in [6.07, 6.45) is 3.62. The van der Waals surface area contributed by atoms with Crippen molar-refractivity contribution in [3.05, 3.63) is 176 Å². The van der Waals surface area contributed by atoms with Gasteiger partial charge in [0.15, 0.2) is 0 Å². The summed E-state index contributed by atoms with van der Waals surface area (Å²) in [6, 6.07) is 57.1. The van der Waals surface area contributed by atoms with Gasteiger partial charge in [-0.2, -0.15) is 0 Å². The molecule has 5 heteroatoms. The minimum Gasteiger partial charge on any atom is -0.308 e. The van der Waals surface area contributed by atoms with E-state index in [1.54, 1.807) is 0 Å². The lowest BCUT2D eigenvalue weighted by Gasteiger charge is -2.17.